The molecule has 0 spiro atoms. The molecule has 0 bridgehead atoms. The highest BCUT2D eigenvalue weighted by molar-refractivity contribution is 5.44. The topological polar surface area (TPSA) is 36.5 Å². The first kappa shape index (κ1) is 20.5. The summed E-state index contributed by atoms with van der Waals surface area (Å²) in [6, 6.07) is 28.5. The van der Waals surface area contributed by atoms with Crippen LogP contribution in [-0.4, -0.2) is 25.2 Å². The number of benzene rings is 3. The highest BCUT2D eigenvalue weighted by atomic mass is 16.5. The zero-order valence-corrected chi connectivity index (χ0v) is 17.7. The monoisotopic (exact) mass is 401 g/mol. The minimum atomic E-state index is 0.547. The maximum Gasteiger partial charge on any atom is 0.118 e. The molecule has 0 amide bonds. The molecule has 4 rings (SSSR count). The molecule has 1 saturated heterocycles. The van der Waals surface area contributed by atoms with Gasteiger partial charge in [-0.25, -0.2) is 0 Å². The van der Waals surface area contributed by atoms with Gasteiger partial charge in [-0.3, -0.25) is 10.2 Å². The molecule has 1 unspecified atom stereocenters. The van der Waals surface area contributed by atoms with Crippen molar-refractivity contribution < 1.29 is 4.74 Å². The summed E-state index contributed by atoms with van der Waals surface area (Å²) >= 11 is 0. The first-order valence-corrected chi connectivity index (χ1v) is 10.8. The molecule has 0 radical (unpaired) electrons. The van der Waals surface area contributed by atoms with Crippen molar-refractivity contribution in [1.29, 1.82) is 0 Å². The third kappa shape index (κ3) is 5.41. The molecule has 1 aliphatic rings. The van der Waals surface area contributed by atoms with E-state index in [0.29, 0.717) is 6.04 Å². The first-order valence-electron chi connectivity index (χ1n) is 10.8. The summed E-state index contributed by atoms with van der Waals surface area (Å²) in [5.74, 6) is 0.890. The molecular weight excluding hydrogens is 370 g/mol. The molecule has 4 nitrogen and oxygen atoms in total. The van der Waals surface area contributed by atoms with E-state index >= 15 is 0 Å². The molecule has 3 aromatic rings. The summed E-state index contributed by atoms with van der Waals surface area (Å²) in [5.41, 5.74) is 5.19. The average molecular weight is 402 g/mol. The van der Waals surface area contributed by atoms with Crippen molar-refractivity contribution in [1.82, 2.24) is 10.2 Å². The second kappa shape index (κ2) is 10.3. The molecule has 0 saturated carbocycles. The fourth-order valence-electron chi connectivity index (χ4n) is 4.15. The van der Waals surface area contributed by atoms with E-state index in [4.69, 9.17) is 4.74 Å². The Hall–Kier alpha value is -2.82. The van der Waals surface area contributed by atoms with Gasteiger partial charge in [-0.15, -0.1) is 0 Å². The Morgan fingerprint density at radius 3 is 2.37 bits per heavy atom. The Kier molecular flexibility index (Phi) is 7.01. The van der Waals surface area contributed by atoms with Gasteiger partial charge in [0.2, 0.25) is 0 Å². The highest BCUT2D eigenvalue weighted by Gasteiger charge is 2.25. The maximum atomic E-state index is 5.20. The van der Waals surface area contributed by atoms with Crippen LogP contribution in [0.3, 0.4) is 0 Å². The van der Waals surface area contributed by atoms with E-state index in [1.807, 2.05) is 12.1 Å². The molecule has 3 aromatic carbocycles. The summed E-state index contributed by atoms with van der Waals surface area (Å²) < 4.78 is 5.20. The number of nitrogens with one attached hydrogen (secondary N) is 2. The number of rotatable bonds is 9. The molecule has 1 fully saturated rings. The summed E-state index contributed by atoms with van der Waals surface area (Å²) in [4.78, 5) is 2.61. The second-order valence-corrected chi connectivity index (χ2v) is 7.86. The summed E-state index contributed by atoms with van der Waals surface area (Å²) in [6.07, 6.45) is 2.53. The van der Waals surface area contributed by atoms with E-state index in [1.165, 1.54) is 36.1 Å². The van der Waals surface area contributed by atoms with Crippen molar-refractivity contribution in [3.63, 3.8) is 0 Å². The van der Waals surface area contributed by atoms with E-state index in [9.17, 15) is 0 Å². The third-order valence-corrected chi connectivity index (χ3v) is 5.79. The molecule has 1 aliphatic heterocycles. The van der Waals surface area contributed by atoms with Gasteiger partial charge in [0.25, 0.3) is 0 Å². The van der Waals surface area contributed by atoms with Crippen LogP contribution >= 0.6 is 0 Å². The zero-order valence-electron chi connectivity index (χ0n) is 17.7. The Balaban J connectivity index is 1.24. The van der Waals surface area contributed by atoms with Crippen LogP contribution in [0.25, 0.3) is 0 Å². The van der Waals surface area contributed by atoms with Gasteiger partial charge >= 0.3 is 0 Å². The number of nitrogens with zero attached hydrogens (tertiary/aromatic N) is 1. The van der Waals surface area contributed by atoms with Gasteiger partial charge in [0.15, 0.2) is 0 Å². The normalized spacial score (nSPS) is 16.5. The molecule has 4 heteroatoms. The van der Waals surface area contributed by atoms with Crippen LogP contribution in [-0.2, 0) is 13.1 Å². The van der Waals surface area contributed by atoms with E-state index in [2.05, 4.69) is 82.3 Å². The summed E-state index contributed by atoms with van der Waals surface area (Å²) in [6.45, 7) is 3.74. The maximum absolute atomic E-state index is 5.20. The van der Waals surface area contributed by atoms with Gasteiger partial charge in [0, 0.05) is 24.8 Å². The Labute approximate surface area is 179 Å². The van der Waals surface area contributed by atoms with Crippen LogP contribution in [0.1, 0.15) is 35.6 Å². The van der Waals surface area contributed by atoms with Gasteiger partial charge in [0.1, 0.15) is 5.75 Å². The third-order valence-electron chi connectivity index (χ3n) is 5.79. The molecule has 156 valence electrons. The van der Waals surface area contributed by atoms with Crippen molar-refractivity contribution in [2.24, 2.45) is 0 Å². The molecule has 30 heavy (non-hydrogen) atoms. The first-order chi connectivity index (χ1) is 14.8. The molecule has 1 heterocycles. The molecule has 0 aliphatic carbocycles. The van der Waals surface area contributed by atoms with E-state index in [-0.39, 0.29) is 0 Å². The largest absolute Gasteiger partial charge is 0.497 e. The second-order valence-electron chi connectivity index (χ2n) is 7.86. The number of anilines is 1. The van der Waals surface area contributed by atoms with Crippen molar-refractivity contribution in [2.45, 2.75) is 32.0 Å². The van der Waals surface area contributed by atoms with Crippen molar-refractivity contribution in [3.8, 4) is 5.75 Å². The lowest BCUT2D eigenvalue weighted by molar-refractivity contribution is 0.248. The lowest BCUT2D eigenvalue weighted by Crippen LogP contribution is -2.23. The fourth-order valence-corrected chi connectivity index (χ4v) is 4.15. The van der Waals surface area contributed by atoms with Crippen LogP contribution in [0.4, 0.5) is 5.69 Å². The van der Waals surface area contributed by atoms with Crippen LogP contribution in [0, 0.1) is 0 Å². The van der Waals surface area contributed by atoms with Gasteiger partial charge in [-0.2, -0.15) is 0 Å². The number of methoxy groups -OCH3 is 1. The molecular formula is C26H31N3O. The summed E-state index contributed by atoms with van der Waals surface area (Å²) in [7, 11) is 1.69. The van der Waals surface area contributed by atoms with Crippen molar-refractivity contribution >= 4 is 5.69 Å². The summed E-state index contributed by atoms with van der Waals surface area (Å²) in [5, 5.41) is 6.87. The van der Waals surface area contributed by atoms with Crippen molar-refractivity contribution in [2.75, 3.05) is 25.6 Å². The number of likely N-dealkylation sites (tertiary alicyclic amines) is 1. The van der Waals surface area contributed by atoms with Crippen molar-refractivity contribution in [3.05, 3.63) is 95.6 Å². The van der Waals surface area contributed by atoms with E-state index in [1.54, 1.807) is 7.11 Å². The molecule has 0 aromatic heterocycles. The van der Waals surface area contributed by atoms with Gasteiger partial charge in [-0.05, 0) is 60.3 Å². The van der Waals surface area contributed by atoms with Gasteiger partial charge in [-0.1, -0.05) is 54.6 Å². The number of hydrogen-bond donors (Lipinski definition) is 2. The minimum Gasteiger partial charge on any atom is -0.497 e. The van der Waals surface area contributed by atoms with Gasteiger partial charge < -0.3 is 10.1 Å². The molecule has 2 N–H and O–H groups in total. The Morgan fingerprint density at radius 1 is 0.900 bits per heavy atom. The van der Waals surface area contributed by atoms with Crippen LogP contribution in [0.5, 0.6) is 5.75 Å². The van der Waals surface area contributed by atoms with Crippen LogP contribution in [0.15, 0.2) is 78.9 Å². The average Bonchev–Trinajstić information content (AvgIpc) is 3.27. The minimum absolute atomic E-state index is 0.547. The SMILES string of the molecule is COc1ccc(CNCNc2ccc(CN3CCCC3c3ccccc3)cc2)cc1. The standard InChI is InChI=1S/C26H31N3O/c1-30-25-15-11-21(12-16-25)18-27-20-28-24-13-9-22(10-14-24)19-29-17-5-8-26(29)23-6-3-2-4-7-23/h2-4,6-7,9-16,26-28H,5,8,17-20H2,1H3. The van der Waals surface area contributed by atoms with Gasteiger partial charge in [0.05, 0.1) is 13.8 Å². The predicted octanol–water partition coefficient (Wildman–Crippen LogP) is 5.19. The lowest BCUT2D eigenvalue weighted by Gasteiger charge is -2.25. The quantitative estimate of drug-likeness (QED) is 0.382. The lowest BCUT2D eigenvalue weighted by atomic mass is 10.0. The number of ether oxygens (including phenoxy) is 1. The van der Waals surface area contributed by atoms with E-state index < -0.39 is 0 Å². The Bertz CT molecular complexity index is 894. The number of hydrogen-bond acceptors (Lipinski definition) is 4. The van der Waals surface area contributed by atoms with Crippen LogP contribution in [0.2, 0.25) is 0 Å². The zero-order chi connectivity index (χ0) is 20.6. The fraction of sp³-hybridized carbons (Fsp3) is 0.308. The smallest absolute Gasteiger partial charge is 0.118 e. The molecule has 1 atom stereocenters. The Morgan fingerprint density at radius 2 is 1.63 bits per heavy atom. The van der Waals surface area contributed by atoms with E-state index in [0.717, 1.165) is 31.2 Å². The van der Waals surface area contributed by atoms with Crippen LogP contribution < -0.4 is 15.4 Å². The predicted molar refractivity (Wildman–Crippen MR) is 124 cm³/mol. The highest BCUT2D eigenvalue weighted by Crippen LogP contribution is 2.33.